The van der Waals surface area contributed by atoms with Gasteiger partial charge in [-0.1, -0.05) is 18.2 Å². The van der Waals surface area contributed by atoms with E-state index in [-0.39, 0.29) is 16.7 Å². The maximum Gasteiger partial charge on any atom is 0.307 e. The van der Waals surface area contributed by atoms with Crippen LogP contribution in [0.25, 0.3) is 11.0 Å². The summed E-state index contributed by atoms with van der Waals surface area (Å²) in [5.41, 5.74) is 0.182. The van der Waals surface area contributed by atoms with Gasteiger partial charge in [-0.3, -0.25) is 20.2 Å². The normalized spacial score (nSPS) is 10.7. The van der Waals surface area contributed by atoms with Crippen molar-refractivity contribution in [1.29, 1.82) is 0 Å². The molecule has 23 heavy (non-hydrogen) atoms. The summed E-state index contributed by atoms with van der Waals surface area (Å²) in [7, 11) is 0. The Morgan fingerprint density at radius 2 is 1.70 bits per heavy atom. The second-order valence-corrected chi connectivity index (χ2v) is 4.71. The zero-order chi connectivity index (χ0) is 16.6. The third kappa shape index (κ3) is 2.41. The lowest BCUT2D eigenvalue weighted by Gasteiger charge is -2.09. The van der Waals surface area contributed by atoms with Crippen molar-refractivity contribution in [3.8, 4) is 0 Å². The molecule has 0 unspecified atom stereocenters. The summed E-state index contributed by atoms with van der Waals surface area (Å²) >= 11 is 0. The maximum atomic E-state index is 11.3. The fraction of sp³-hybridized carbons (Fsp3) is 0.0769. The number of nitro groups is 2. The molecular formula is C13H9N5O5. The number of non-ortho nitro benzene ring substituents is 1. The molecule has 0 saturated heterocycles. The van der Waals surface area contributed by atoms with Crippen LogP contribution in [0, 0.1) is 27.2 Å². The first-order valence-electron chi connectivity index (χ1n) is 6.39. The number of benzene rings is 2. The van der Waals surface area contributed by atoms with Crippen LogP contribution in [-0.4, -0.2) is 20.2 Å². The third-order valence-corrected chi connectivity index (χ3v) is 3.30. The van der Waals surface area contributed by atoms with Crippen molar-refractivity contribution in [2.75, 3.05) is 5.32 Å². The fourth-order valence-corrected chi connectivity index (χ4v) is 2.17. The summed E-state index contributed by atoms with van der Waals surface area (Å²) < 4.78 is 4.53. The second-order valence-electron chi connectivity index (χ2n) is 4.71. The fourth-order valence-electron chi connectivity index (χ4n) is 2.17. The minimum absolute atomic E-state index is 0.00819. The van der Waals surface area contributed by atoms with E-state index in [2.05, 4.69) is 20.3 Å². The Labute approximate surface area is 128 Å². The van der Waals surface area contributed by atoms with Crippen LogP contribution in [0.1, 0.15) is 5.56 Å². The van der Waals surface area contributed by atoms with Crippen LogP contribution >= 0.6 is 0 Å². The number of hydrogen-bond donors (Lipinski definition) is 1. The molecule has 0 aliphatic carbocycles. The molecule has 0 atom stereocenters. The molecule has 0 amide bonds. The molecule has 0 radical (unpaired) electrons. The van der Waals surface area contributed by atoms with Crippen LogP contribution in [0.2, 0.25) is 0 Å². The van der Waals surface area contributed by atoms with Crippen molar-refractivity contribution >= 4 is 33.8 Å². The molecule has 1 heterocycles. The summed E-state index contributed by atoms with van der Waals surface area (Å²) in [6, 6.07) is 7.95. The molecule has 10 heteroatoms. The zero-order valence-corrected chi connectivity index (χ0v) is 11.7. The van der Waals surface area contributed by atoms with Crippen LogP contribution in [0.5, 0.6) is 0 Å². The van der Waals surface area contributed by atoms with E-state index in [4.69, 9.17) is 0 Å². The summed E-state index contributed by atoms with van der Waals surface area (Å²) in [5.74, 6) is 0. The van der Waals surface area contributed by atoms with Gasteiger partial charge in [-0.2, -0.15) is 0 Å². The molecular weight excluding hydrogens is 306 g/mol. The highest BCUT2D eigenvalue weighted by atomic mass is 16.6. The van der Waals surface area contributed by atoms with Crippen molar-refractivity contribution in [1.82, 2.24) is 10.3 Å². The lowest BCUT2D eigenvalue weighted by Crippen LogP contribution is -2.01. The van der Waals surface area contributed by atoms with Gasteiger partial charge in [0.05, 0.1) is 15.9 Å². The summed E-state index contributed by atoms with van der Waals surface area (Å²) in [6.07, 6.45) is 0. The van der Waals surface area contributed by atoms with Crippen LogP contribution in [0.3, 0.4) is 0 Å². The van der Waals surface area contributed by atoms with Gasteiger partial charge in [-0.15, -0.1) is 0 Å². The lowest BCUT2D eigenvalue weighted by atomic mass is 10.1. The molecule has 3 rings (SSSR count). The average molecular weight is 315 g/mol. The topological polar surface area (TPSA) is 137 Å². The van der Waals surface area contributed by atoms with Crippen LogP contribution in [0.15, 0.2) is 35.0 Å². The van der Waals surface area contributed by atoms with Gasteiger partial charge in [0.1, 0.15) is 5.69 Å². The predicted octanol–water partition coefficient (Wildman–Crippen LogP) is 3.09. The molecule has 0 saturated carbocycles. The molecule has 3 aromatic rings. The molecule has 0 fully saturated rings. The molecule has 0 aliphatic rings. The Bertz CT molecular complexity index is 936. The Kier molecular flexibility index (Phi) is 3.33. The van der Waals surface area contributed by atoms with E-state index < -0.39 is 21.2 Å². The third-order valence-electron chi connectivity index (χ3n) is 3.30. The standard InChI is InChI=1S/C13H9N5O5/c1-7-4-2-3-5-8(7)14-11-9(17(19)20)6-10(18(21)22)12-13(11)16-23-15-12/h2-6,14H,1H3. The Balaban J connectivity index is 2.27. The molecule has 1 aromatic heterocycles. The first kappa shape index (κ1) is 14.4. The number of hydrogen-bond acceptors (Lipinski definition) is 8. The van der Waals surface area contributed by atoms with Crippen molar-refractivity contribution in [3.05, 3.63) is 56.1 Å². The molecule has 0 aliphatic heterocycles. The Morgan fingerprint density at radius 3 is 2.35 bits per heavy atom. The number of fused-ring (bicyclic) bond motifs is 1. The summed E-state index contributed by atoms with van der Waals surface area (Å²) in [6.45, 7) is 1.82. The predicted molar refractivity (Wildman–Crippen MR) is 79.6 cm³/mol. The van der Waals surface area contributed by atoms with E-state index in [9.17, 15) is 20.2 Å². The van der Waals surface area contributed by atoms with E-state index in [1.54, 1.807) is 12.1 Å². The SMILES string of the molecule is Cc1ccccc1Nc1c([N+](=O)[O-])cc([N+](=O)[O-])c2nonc12. The first-order valence-corrected chi connectivity index (χ1v) is 6.39. The second kappa shape index (κ2) is 5.33. The number of aromatic nitrogens is 2. The van der Waals surface area contributed by atoms with Crippen LogP contribution in [-0.2, 0) is 0 Å². The smallest absolute Gasteiger partial charge is 0.307 e. The van der Waals surface area contributed by atoms with Gasteiger partial charge in [-0.25, -0.2) is 4.63 Å². The van der Waals surface area contributed by atoms with E-state index in [1.165, 1.54) is 0 Å². The van der Waals surface area contributed by atoms with Gasteiger partial charge >= 0.3 is 11.4 Å². The minimum atomic E-state index is -0.767. The molecule has 0 spiro atoms. The maximum absolute atomic E-state index is 11.3. The zero-order valence-electron chi connectivity index (χ0n) is 11.7. The van der Waals surface area contributed by atoms with Gasteiger partial charge in [0.2, 0.25) is 5.52 Å². The monoisotopic (exact) mass is 315 g/mol. The highest BCUT2D eigenvalue weighted by molar-refractivity contribution is 6.00. The molecule has 2 aromatic carbocycles. The molecule has 10 nitrogen and oxygen atoms in total. The highest BCUT2D eigenvalue weighted by Crippen LogP contribution is 2.39. The van der Waals surface area contributed by atoms with Gasteiger partial charge in [0.25, 0.3) is 0 Å². The summed E-state index contributed by atoms with van der Waals surface area (Å²) in [5, 5.41) is 32.3. The van der Waals surface area contributed by atoms with Crippen molar-refractivity contribution < 1.29 is 14.5 Å². The van der Waals surface area contributed by atoms with E-state index >= 15 is 0 Å². The lowest BCUT2D eigenvalue weighted by molar-refractivity contribution is -0.392. The van der Waals surface area contributed by atoms with E-state index in [0.29, 0.717) is 5.69 Å². The number of rotatable bonds is 4. The molecule has 1 N–H and O–H groups in total. The molecule has 0 bridgehead atoms. The van der Waals surface area contributed by atoms with Crippen molar-refractivity contribution in [2.24, 2.45) is 0 Å². The summed E-state index contributed by atoms with van der Waals surface area (Å²) in [4.78, 5) is 20.9. The number of para-hydroxylation sites is 1. The van der Waals surface area contributed by atoms with Crippen molar-refractivity contribution in [2.45, 2.75) is 6.92 Å². The van der Waals surface area contributed by atoms with Crippen molar-refractivity contribution in [3.63, 3.8) is 0 Å². The highest BCUT2D eigenvalue weighted by Gasteiger charge is 2.29. The number of nitrogens with zero attached hydrogens (tertiary/aromatic N) is 4. The largest absolute Gasteiger partial charge is 0.348 e. The van der Waals surface area contributed by atoms with Crippen LogP contribution in [0.4, 0.5) is 22.7 Å². The average Bonchev–Trinajstić information content (AvgIpc) is 2.98. The van der Waals surface area contributed by atoms with Crippen LogP contribution < -0.4 is 5.32 Å². The number of nitro benzene ring substituents is 2. The quantitative estimate of drug-likeness (QED) is 0.572. The first-order chi connectivity index (χ1) is 11.0. The van der Waals surface area contributed by atoms with Gasteiger partial charge in [0.15, 0.2) is 5.52 Å². The Morgan fingerprint density at radius 1 is 1.04 bits per heavy atom. The van der Waals surface area contributed by atoms with Gasteiger partial charge < -0.3 is 5.32 Å². The Hall–Kier alpha value is -3.56. The number of nitrogens with one attached hydrogen (secondary N) is 1. The van der Waals surface area contributed by atoms with E-state index in [0.717, 1.165) is 11.6 Å². The number of aryl methyl sites for hydroxylation is 1. The van der Waals surface area contributed by atoms with Gasteiger partial charge in [-0.05, 0) is 28.9 Å². The molecule has 116 valence electrons. The van der Waals surface area contributed by atoms with Gasteiger partial charge in [0, 0.05) is 5.69 Å². The minimum Gasteiger partial charge on any atom is -0.348 e. The number of anilines is 2. The van der Waals surface area contributed by atoms with E-state index in [1.807, 2.05) is 19.1 Å².